The van der Waals surface area contributed by atoms with Gasteiger partial charge >= 0.3 is 0 Å². The average molecular weight is 232 g/mol. The number of rotatable bonds is 4. The molecule has 1 amide bonds. The van der Waals surface area contributed by atoms with Crippen LogP contribution in [-0.2, 0) is 11.2 Å². The second-order valence-electron chi connectivity index (χ2n) is 4.19. The van der Waals surface area contributed by atoms with Crippen molar-refractivity contribution in [3.63, 3.8) is 0 Å². The molecule has 90 valence electrons. The highest BCUT2D eigenvalue weighted by Crippen LogP contribution is 2.17. The second kappa shape index (κ2) is 5.01. The second-order valence-corrected chi connectivity index (χ2v) is 4.19. The molecule has 0 fully saturated rings. The van der Waals surface area contributed by atoms with E-state index in [0.29, 0.717) is 13.0 Å². The van der Waals surface area contributed by atoms with Crippen molar-refractivity contribution in [2.75, 3.05) is 6.54 Å². The van der Waals surface area contributed by atoms with E-state index in [1.54, 1.807) is 6.92 Å². The van der Waals surface area contributed by atoms with Crippen LogP contribution < -0.4 is 5.32 Å². The standard InChI is InChI=1S/C13H16N2O2/c1-9(16)7-15-13(17)6-10-8-14-12-5-3-2-4-11(10)12/h2-5,8-9,14,16H,6-7H2,1H3,(H,15,17). The summed E-state index contributed by atoms with van der Waals surface area (Å²) in [6.45, 7) is 1.94. The summed E-state index contributed by atoms with van der Waals surface area (Å²) in [6.07, 6.45) is 1.67. The Balaban J connectivity index is 2.06. The zero-order valence-corrected chi connectivity index (χ0v) is 9.73. The number of hydrogen-bond acceptors (Lipinski definition) is 2. The van der Waals surface area contributed by atoms with Crippen LogP contribution in [0.1, 0.15) is 12.5 Å². The minimum absolute atomic E-state index is 0.0735. The third kappa shape index (κ3) is 2.85. The summed E-state index contributed by atoms with van der Waals surface area (Å²) in [5.41, 5.74) is 2.01. The number of aliphatic hydroxyl groups excluding tert-OH is 1. The Kier molecular flexibility index (Phi) is 3.44. The molecule has 1 aromatic carbocycles. The zero-order chi connectivity index (χ0) is 12.3. The van der Waals surface area contributed by atoms with Crippen LogP contribution in [0.15, 0.2) is 30.5 Å². The molecular formula is C13H16N2O2. The van der Waals surface area contributed by atoms with Gasteiger partial charge < -0.3 is 15.4 Å². The van der Waals surface area contributed by atoms with Gasteiger partial charge in [0, 0.05) is 23.6 Å². The van der Waals surface area contributed by atoms with E-state index in [1.165, 1.54) is 0 Å². The van der Waals surface area contributed by atoms with E-state index in [0.717, 1.165) is 16.5 Å². The summed E-state index contributed by atoms with van der Waals surface area (Å²) in [6, 6.07) is 7.87. The highest BCUT2D eigenvalue weighted by Gasteiger charge is 2.08. The fraction of sp³-hybridized carbons (Fsp3) is 0.308. The number of benzene rings is 1. The fourth-order valence-corrected chi connectivity index (χ4v) is 1.77. The number of aromatic amines is 1. The summed E-state index contributed by atoms with van der Waals surface area (Å²) in [4.78, 5) is 14.8. The summed E-state index contributed by atoms with van der Waals surface area (Å²) in [5, 5.41) is 12.8. The minimum atomic E-state index is -0.512. The lowest BCUT2D eigenvalue weighted by Crippen LogP contribution is -2.31. The molecule has 0 spiro atoms. The van der Waals surface area contributed by atoms with E-state index in [2.05, 4.69) is 10.3 Å². The molecular weight excluding hydrogens is 216 g/mol. The van der Waals surface area contributed by atoms with Crippen molar-refractivity contribution < 1.29 is 9.90 Å². The van der Waals surface area contributed by atoms with Gasteiger partial charge in [0.2, 0.25) is 5.91 Å². The monoisotopic (exact) mass is 232 g/mol. The summed E-state index contributed by atoms with van der Waals surface area (Å²) >= 11 is 0. The van der Waals surface area contributed by atoms with Crippen LogP contribution in [0.5, 0.6) is 0 Å². The van der Waals surface area contributed by atoms with Gasteiger partial charge in [-0.3, -0.25) is 4.79 Å². The van der Waals surface area contributed by atoms with Crippen LogP contribution in [0.4, 0.5) is 0 Å². The Bertz CT molecular complexity index is 517. The van der Waals surface area contributed by atoms with Gasteiger partial charge in [-0.15, -0.1) is 0 Å². The van der Waals surface area contributed by atoms with Crippen LogP contribution in [0.2, 0.25) is 0 Å². The lowest BCUT2D eigenvalue weighted by atomic mass is 10.1. The summed E-state index contributed by atoms with van der Waals surface area (Å²) in [7, 11) is 0. The molecule has 1 aromatic heterocycles. The van der Waals surface area contributed by atoms with Crippen molar-refractivity contribution in [1.82, 2.24) is 10.3 Å². The Hall–Kier alpha value is -1.81. The molecule has 0 radical (unpaired) electrons. The maximum atomic E-state index is 11.6. The number of para-hydroxylation sites is 1. The summed E-state index contributed by atoms with van der Waals surface area (Å²) < 4.78 is 0. The van der Waals surface area contributed by atoms with Gasteiger partial charge in [0.05, 0.1) is 12.5 Å². The van der Waals surface area contributed by atoms with Gasteiger partial charge in [0.25, 0.3) is 0 Å². The van der Waals surface area contributed by atoms with E-state index >= 15 is 0 Å². The smallest absolute Gasteiger partial charge is 0.224 e. The molecule has 1 unspecified atom stereocenters. The number of fused-ring (bicyclic) bond motifs is 1. The van der Waals surface area contributed by atoms with Gasteiger partial charge in [0.15, 0.2) is 0 Å². The molecule has 0 aliphatic carbocycles. The molecule has 17 heavy (non-hydrogen) atoms. The molecule has 4 heteroatoms. The predicted molar refractivity (Wildman–Crippen MR) is 66.7 cm³/mol. The molecule has 4 nitrogen and oxygen atoms in total. The molecule has 2 aromatic rings. The first kappa shape index (κ1) is 11.7. The highest BCUT2D eigenvalue weighted by molar-refractivity contribution is 5.88. The van der Waals surface area contributed by atoms with E-state index in [4.69, 9.17) is 5.11 Å². The quantitative estimate of drug-likeness (QED) is 0.741. The number of aromatic nitrogens is 1. The molecule has 0 bridgehead atoms. The Morgan fingerprint density at radius 1 is 1.47 bits per heavy atom. The first-order valence-corrected chi connectivity index (χ1v) is 5.66. The third-order valence-corrected chi connectivity index (χ3v) is 2.62. The van der Waals surface area contributed by atoms with Gasteiger partial charge in [-0.25, -0.2) is 0 Å². The van der Waals surface area contributed by atoms with Crippen LogP contribution >= 0.6 is 0 Å². The molecule has 0 aliphatic rings. The van der Waals surface area contributed by atoms with Crippen LogP contribution in [-0.4, -0.2) is 28.6 Å². The van der Waals surface area contributed by atoms with Crippen LogP contribution in [0, 0.1) is 0 Å². The van der Waals surface area contributed by atoms with Gasteiger partial charge in [-0.2, -0.15) is 0 Å². The topological polar surface area (TPSA) is 65.1 Å². The van der Waals surface area contributed by atoms with E-state index in [1.807, 2.05) is 30.5 Å². The number of aliphatic hydroxyl groups is 1. The number of hydrogen-bond donors (Lipinski definition) is 3. The minimum Gasteiger partial charge on any atom is -0.392 e. The Labute approximate surface area is 99.7 Å². The van der Waals surface area contributed by atoms with Crippen molar-refractivity contribution >= 4 is 16.8 Å². The fourth-order valence-electron chi connectivity index (χ4n) is 1.77. The van der Waals surface area contributed by atoms with Crippen molar-refractivity contribution in [2.24, 2.45) is 0 Å². The number of carbonyl (C=O) groups is 1. The van der Waals surface area contributed by atoms with E-state index < -0.39 is 6.10 Å². The van der Waals surface area contributed by atoms with E-state index in [9.17, 15) is 4.79 Å². The maximum Gasteiger partial charge on any atom is 0.224 e. The lowest BCUT2D eigenvalue weighted by molar-refractivity contribution is -0.120. The number of H-pyrrole nitrogens is 1. The first-order chi connectivity index (χ1) is 8.16. The van der Waals surface area contributed by atoms with Crippen LogP contribution in [0.25, 0.3) is 10.9 Å². The normalized spacial score (nSPS) is 12.6. The van der Waals surface area contributed by atoms with Crippen LogP contribution in [0.3, 0.4) is 0 Å². The molecule has 1 atom stereocenters. The number of amides is 1. The van der Waals surface area contributed by atoms with Crippen molar-refractivity contribution in [3.8, 4) is 0 Å². The number of carbonyl (C=O) groups excluding carboxylic acids is 1. The molecule has 1 heterocycles. The van der Waals surface area contributed by atoms with Gasteiger partial charge in [-0.05, 0) is 18.6 Å². The van der Waals surface area contributed by atoms with Gasteiger partial charge in [0.1, 0.15) is 0 Å². The molecule has 0 aliphatic heterocycles. The van der Waals surface area contributed by atoms with Crippen molar-refractivity contribution in [3.05, 3.63) is 36.0 Å². The Morgan fingerprint density at radius 2 is 2.24 bits per heavy atom. The first-order valence-electron chi connectivity index (χ1n) is 5.66. The molecule has 2 rings (SSSR count). The predicted octanol–water partition coefficient (Wildman–Crippen LogP) is 1.21. The lowest BCUT2D eigenvalue weighted by Gasteiger charge is -2.06. The van der Waals surface area contributed by atoms with Crippen molar-refractivity contribution in [2.45, 2.75) is 19.4 Å². The zero-order valence-electron chi connectivity index (χ0n) is 9.73. The largest absolute Gasteiger partial charge is 0.392 e. The molecule has 0 saturated heterocycles. The molecule has 0 saturated carbocycles. The summed E-state index contributed by atoms with van der Waals surface area (Å²) in [5.74, 6) is -0.0735. The number of nitrogens with one attached hydrogen (secondary N) is 2. The van der Waals surface area contributed by atoms with Crippen molar-refractivity contribution in [1.29, 1.82) is 0 Å². The maximum absolute atomic E-state index is 11.6. The average Bonchev–Trinajstić information content (AvgIpc) is 2.70. The van der Waals surface area contributed by atoms with E-state index in [-0.39, 0.29) is 5.91 Å². The van der Waals surface area contributed by atoms with Gasteiger partial charge in [-0.1, -0.05) is 18.2 Å². The highest BCUT2D eigenvalue weighted by atomic mass is 16.3. The molecule has 3 N–H and O–H groups in total. The third-order valence-electron chi connectivity index (χ3n) is 2.62. The SMILES string of the molecule is CC(O)CNC(=O)Cc1c[nH]c2ccccc12. The Morgan fingerprint density at radius 3 is 3.00 bits per heavy atom.